The molecule has 98 valence electrons. The maximum atomic E-state index is 12.1. The number of nitrogens with one attached hydrogen (secondary N) is 1. The van der Waals surface area contributed by atoms with E-state index in [-0.39, 0.29) is 11.9 Å². The number of carbonyl (C=O) groups excluding carboxylic acids is 1. The number of halogens is 2. The minimum absolute atomic E-state index is 0.102. The van der Waals surface area contributed by atoms with Gasteiger partial charge < -0.3 is 4.90 Å². The largest absolute Gasteiger partial charge is 0.329 e. The number of H-pyrrole nitrogens is 1. The van der Waals surface area contributed by atoms with Gasteiger partial charge >= 0.3 is 0 Å². The molecule has 1 aliphatic heterocycles. The van der Waals surface area contributed by atoms with E-state index in [1.807, 2.05) is 13.0 Å². The fraction of sp³-hybridized carbons (Fsp3) is 0.231. The van der Waals surface area contributed by atoms with E-state index < -0.39 is 0 Å². The lowest BCUT2D eigenvalue weighted by molar-refractivity contribution is 0.0787. The number of aryl methyl sites for hydroxylation is 1. The van der Waals surface area contributed by atoms with Crippen LogP contribution in [0.15, 0.2) is 18.2 Å². The molecule has 2 aromatic rings. The summed E-state index contributed by atoms with van der Waals surface area (Å²) >= 11 is 12.2. The molecule has 1 aromatic carbocycles. The number of hydrogen-bond acceptors (Lipinski definition) is 2. The standard InChI is InChI=1S/C13H11Cl2N3O/c1-6-10-11(17-16-6)13(19)18(2)12(10)8-4-3-7(14)5-9(8)15/h3-5,12H,1-2H3,(H,16,17)/t12-/m0/s1. The Kier molecular flexibility index (Phi) is 2.80. The molecular weight excluding hydrogens is 285 g/mol. The van der Waals surface area contributed by atoms with Gasteiger partial charge in [0.25, 0.3) is 5.91 Å². The van der Waals surface area contributed by atoms with E-state index in [1.54, 1.807) is 24.1 Å². The SMILES string of the molecule is Cc1[nH]nc2c1[C@H](c1ccc(Cl)cc1Cl)N(C)C2=O. The molecule has 1 atom stereocenters. The molecule has 1 N–H and O–H groups in total. The van der Waals surface area contributed by atoms with Crippen molar-refractivity contribution in [3.8, 4) is 0 Å². The van der Waals surface area contributed by atoms with Crippen LogP contribution >= 0.6 is 23.2 Å². The monoisotopic (exact) mass is 295 g/mol. The normalized spacial score (nSPS) is 18.0. The maximum Gasteiger partial charge on any atom is 0.275 e. The summed E-state index contributed by atoms with van der Waals surface area (Å²) in [7, 11) is 1.75. The van der Waals surface area contributed by atoms with Gasteiger partial charge in [-0.3, -0.25) is 9.89 Å². The minimum atomic E-state index is -0.217. The molecule has 0 fully saturated rings. The van der Waals surface area contributed by atoms with Crippen molar-refractivity contribution in [3.63, 3.8) is 0 Å². The molecule has 2 heterocycles. The molecule has 19 heavy (non-hydrogen) atoms. The molecule has 3 rings (SSSR count). The van der Waals surface area contributed by atoms with Crippen molar-refractivity contribution in [2.75, 3.05) is 7.05 Å². The number of benzene rings is 1. The first kappa shape index (κ1) is 12.5. The first-order chi connectivity index (χ1) is 9.00. The number of carbonyl (C=O) groups is 1. The summed E-state index contributed by atoms with van der Waals surface area (Å²) in [5.41, 5.74) is 3.08. The van der Waals surface area contributed by atoms with Gasteiger partial charge in [0.2, 0.25) is 0 Å². The molecule has 1 aromatic heterocycles. The van der Waals surface area contributed by atoms with Gasteiger partial charge in [-0.2, -0.15) is 5.10 Å². The van der Waals surface area contributed by atoms with E-state index in [2.05, 4.69) is 10.2 Å². The Hall–Kier alpha value is -1.52. The predicted molar refractivity (Wildman–Crippen MR) is 73.7 cm³/mol. The van der Waals surface area contributed by atoms with Gasteiger partial charge in [0.15, 0.2) is 5.69 Å². The molecule has 6 heteroatoms. The van der Waals surface area contributed by atoms with Crippen LogP contribution in [0.4, 0.5) is 0 Å². The second kappa shape index (κ2) is 4.25. The third kappa shape index (κ3) is 1.75. The van der Waals surface area contributed by atoms with Crippen LogP contribution in [0.1, 0.15) is 33.4 Å². The van der Waals surface area contributed by atoms with Gasteiger partial charge in [-0.1, -0.05) is 29.3 Å². The van der Waals surface area contributed by atoms with Gasteiger partial charge in [-0.05, 0) is 24.6 Å². The number of hydrogen-bond donors (Lipinski definition) is 1. The molecule has 0 bridgehead atoms. The molecule has 4 nitrogen and oxygen atoms in total. The van der Waals surface area contributed by atoms with Crippen LogP contribution in [-0.2, 0) is 0 Å². The molecule has 0 saturated heterocycles. The fourth-order valence-electron chi connectivity index (χ4n) is 2.50. The van der Waals surface area contributed by atoms with Crippen molar-refractivity contribution in [1.82, 2.24) is 15.1 Å². The van der Waals surface area contributed by atoms with Gasteiger partial charge in [-0.25, -0.2) is 0 Å². The highest BCUT2D eigenvalue weighted by Crippen LogP contribution is 2.41. The number of amides is 1. The molecule has 1 amide bonds. The van der Waals surface area contributed by atoms with Crippen molar-refractivity contribution in [2.24, 2.45) is 0 Å². The summed E-state index contributed by atoms with van der Waals surface area (Å²) < 4.78 is 0. The zero-order valence-electron chi connectivity index (χ0n) is 10.4. The van der Waals surface area contributed by atoms with Crippen LogP contribution in [0.3, 0.4) is 0 Å². The second-order valence-electron chi connectivity index (χ2n) is 4.60. The van der Waals surface area contributed by atoms with Crippen molar-refractivity contribution >= 4 is 29.1 Å². The Labute approximate surface area is 120 Å². The van der Waals surface area contributed by atoms with Gasteiger partial charge in [0.05, 0.1) is 6.04 Å². The fourth-order valence-corrected chi connectivity index (χ4v) is 3.01. The van der Waals surface area contributed by atoms with Gasteiger partial charge in [0, 0.05) is 28.4 Å². The van der Waals surface area contributed by atoms with Gasteiger partial charge in [-0.15, -0.1) is 0 Å². The second-order valence-corrected chi connectivity index (χ2v) is 5.44. The van der Waals surface area contributed by atoms with Crippen LogP contribution in [-0.4, -0.2) is 28.1 Å². The van der Waals surface area contributed by atoms with E-state index in [0.717, 1.165) is 16.8 Å². The average Bonchev–Trinajstić information content (AvgIpc) is 2.83. The third-order valence-corrected chi connectivity index (χ3v) is 4.00. The van der Waals surface area contributed by atoms with Crippen molar-refractivity contribution in [2.45, 2.75) is 13.0 Å². The average molecular weight is 296 g/mol. The molecule has 0 radical (unpaired) electrons. The zero-order chi connectivity index (χ0) is 13.7. The van der Waals surface area contributed by atoms with E-state index in [0.29, 0.717) is 15.7 Å². The molecule has 1 aliphatic rings. The van der Waals surface area contributed by atoms with Crippen molar-refractivity contribution < 1.29 is 4.79 Å². The van der Waals surface area contributed by atoms with Crippen molar-refractivity contribution in [1.29, 1.82) is 0 Å². The Bertz CT molecular complexity index is 681. The smallest absolute Gasteiger partial charge is 0.275 e. The lowest BCUT2D eigenvalue weighted by atomic mass is 9.99. The number of aromatic nitrogens is 2. The van der Waals surface area contributed by atoms with E-state index in [9.17, 15) is 4.79 Å². The van der Waals surface area contributed by atoms with Crippen molar-refractivity contribution in [3.05, 3.63) is 50.8 Å². The summed E-state index contributed by atoms with van der Waals surface area (Å²) in [6.07, 6.45) is 0. The Morgan fingerprint density at radius 1 is 1.37 bits per heavy atom. The van der Waals surface area contributed by atoms with Crippen LogP contribution in [0.2, 0.25) is 10.0 Å². The number of nitrogens with zero attached hydrogens (tertiary/aromatic N) is 2. The summed E-state index contributed by atoms with van der Waals surface area (Å²) in [4.78, 5) is 13.8. The number of rotatable bonds is 1. The van der Waals surface area contributed by atoms with E-state index in [4.69, 9.17) is 23.2 Å². The van der Waals surface area contributed by atoms with E-state index >= 15 is 0 Å². The third-order valence-electron chi connectivity index (χ3n) is 3.44. The molecule has 0 unspecified atom stereocenters. The predicted octanol–water partition coefficient (Wildman–Crippen LogP) is 3.20. The molecule has 0 aliphatic carbocycles. The van der Waals surface area contributed by atoms with E-state index in [1.165, 1.54) is 0 Å². The lowest BCUT2D eigenvalue weighted by Gasteiger charge is -2.22. The maximum absolute atomic E-state index is 12.1. The van der Waals surface area contributed by atoms with Crippen LogP contribution in [0.25, 0.3) is 0 Å². The highest BCUT2D eigenvalue weighted by molar-refractivity contribution is 6.35. The Morgan fingerprint density at radius 2 is 2.11 bits per heavy atom. The summed E-state index contributed by atoms with van der Waals surface area (Å²) in [6.45, 7) is 1.90. The Morgan fingerprint density at radius 3 is 2.79 bits per heavy atom. The summed E-state index contributed by atoms with van der Waals surface area (Å²) in [5, 5.41) is 8.04. The highest BCUT2D eigenvalue weighted by atomic mass is 35.5. The quantitative estimate of drug-likeness (QED) is 0.878. The summed E-state index contributed by atoms with van der Waals surface area (Å²) in [6, 6.07) is 5.09. The Balaban J connectivity index is 2.20. The lowest BCUT2D eigenvalue weighted by Crippen LogP contribution is -2.25. The van der Waals surface area contributed by atoms with Crippen LogP contribution < -0.4 is 0 Å². The zero-order valence-corrected chi connectivity index (χ0v) is 11.9. The number of fused-ring (bicyclic) bond motifs is 1. The van der Waals surface area contributed by atoms with Gasteiger partial charge in [0.1, 0.15) is 0 Å². The van der Waals surface area contributed by atoms with Crippen LogP contribution in [0.5, 0.6) is 0 Å². The topological polar surface area (TPSA) is 49.0 Å². The highest BCUT2D eigenvalue weighted by Gasteiger charge is 2.39. The number of aromatic amines is 1. The first-order valence-electron chi connectivity index (χ1n) is 5.77. The molecule has 0 saturated carbocycles. The molecule has 0 spiro atoms. The molecular formula is C13H11Cl2N3O. The summed E-state index contributed by atoms with van der Waals surface area (Å²) in [5.74, 6) is -0.102. The minimum Gasteiger partial charge on any atom is -0.329 e. The first-order valence-corrected chi connectivity index (χ1v) is 6.53. The van der Waals surface area contributed by atoms with Crippen LogP contribution in [0, 0.1) is 6.92 Å².